The van der Waals surface area contributed by atoms with Gasteiger partial charge >= 0.3 is 0 Å². The summed E-state index contributed by atoms with van der Waals surface area (Å²) in [6.45, 7) is 2.03. The zero-order chi connectivity index (χ0) is 19.5. The number of aryl methyl sites for hydroxylation is 1. The number of carbonyl (C=O) groups is 2. The average molecular weight is 409 g/mol. The molecule has 4 rings (SSSR count). The molecule has 3 aromatic rings. The first-order valence-electron chi connectivity index (χ1n) is 9.03. The van der Waals surface area contributed by atoms with Crippen molar-refractivity contribution in [3.63, 3.8) is 0 Å². The number of thioether (sulfide) groups is 1. The van der Waals surface area contributed by atoms with Gasteiger partial charge in [0.05, 0.1) is 12.2 Å². The van der Waals surface area contributed by atoms with Gasteiger partial charge in [0.15, 0.2) is 0 Å². The second-order valence-electron chi connectivity index (χ2n) is 6.69. The lowest BCUT2D eigenvalue weighted by molar-refractivity contribution is -0.116. The molecule has 6 heteroatoms. The summed E-state index contributed by atoms with van der Waals surface area (Å²) >= 11 is 3.18. The van der Waals surface area contributed by atoms with Gasteiger partial charge in [-0.25, -0.2) is 0 Å². The number of hydrogen-bond acceptors (Lipinski definition) is 4. The van der Waals surface area contributed by atoms with Gasteiger partial charge in [-0.3, -0.25) is 14.5 Å². The Kier molecular flexibility index (Phi) is 5.50. The van der Waals surface area contributed by atoms with E-state index in [1.165, 1.54) is 0 Å². The van der Waals surface area contributed by atoms with Gasteiger partial charge in [-0.1, -0.05) is 35.9 Å². The third-order valence-corrected chi connectivity index (χ3v) is 6.64. The fourth-order valence-electron chi connectivity index (χ4n) is 3.20. The average Bonchev–Trinajstić information content (AvgIpc) is 3.32. The molecule has 0 bridgehead atoms. The van der Waals surface area contributed by atoms with E-state index in [4.69, 9.17) is 0 Å². The number of anilines is 2. The molecule has 28 heavy (non-hydrogen) atoms. The number of rotatable bonds is 5. The van der Waals surface area contributed by atoms with E-state index < -0.39 is 0 Å². The molecule has 1 atom stereocenters. The zero-order valence-electron chi connectivity index (χ0n) is 15.4. The van der Waals surface area contributed by atoms with E-state index in [1.54, 1.807) is 23.1 Å². The molecule has 2 aromatic carbocycles. The maximum Gasteiger partial charge on any atom is 0.238 e. The summed E-state index contributed by atoms with van der Waals surface area (Å²) in [6, 6.07) is 19.7. The normalized spacial score (nSPS) is 16.4. The number of nitrogens with one attached hydrogen (secondary N) is 1. The van der Waals surface area contributed by atoms with Crippen LogP contribution in [0.2, 0.25) is 0 Å². The summed E-state index contributed by atoms with van der Waals surface area (Å²) in [5.74, 6) is 0.518. The highest BCUT2D eigenvalue weighted by Crippen LogP contribution is 2.42. The van der Waals surface area contributed by atoms with Crippen molar-refractivity contribution in [2.75, 3.05) is 16.0 Å². The van der Waals surface area contributed by atoms with Crippen LogP contribution in [0.3, 0.4) is 0 Å². The van der Waals surface area contributed by atoms with Crippen LogP contribution in [0.15, 0.2) is 66.0 Å². The number of hydrogen-bond donors (Lipinski definition) is 1. The lowest BCUT2D eigenvalue weighted by Crippen LogP contribution is -2.27. The molecule has 4 nitrogen and oxygen atoms in total. The zero-order valence-corrected chi connectivity index (χ0v) is 17.1. The molecule has 1 aliphatic heterocycles. The number of nitrogens with zero attached hydrogens (tertiary/aromatic N) is 1. The predicted molar refractivity (Wildman–Crippen MR) is 117 cm³/mol. The van der Waals surface area contributed by atoms with Gasteiger partial charge in [-0.05, 0) is 48.2 Å². The molecule has 0 aliphatic carbocycles. The Morgan fingerprint density at radius 1 is 1.14 bits per heavy atom. The van der Waals surface area contributed by atoms with E-state index >= 15 is 0 Å². The minimum atomic E-state index is -0.0932. The molecule has 2 amide bonds. The third kappa shape index (κ3) is 4.13. The van der Waals surface area contributed by atoms with Crippen molar-refractivity contribution >= 4 is 46.3 Å². The van der Waals surface area contributed by atoms with Gasteiger partial charge < -0.3 is 5.32 Å². The molecular formula is C22H20N2O2S2. The van der Waals surface area contributed by atoms with E-state index in [0.717, 1.165) is 27.4 Å². The van der Waals surface area contributed by atoms with E-state index in [9.17, 15) is 9.59 Å². The fourth-order valence-corrected chi connectivity index (χ4v) is 5.07. The summed E-state index contributed by atoms with van der Waals surface area (Å²) in [5.41, 5.74) is 3.82. The second-order valence-corrected chi connectivity index (χ2v) is 8.79. The fraction of sp³-hybridized carbons (Fsp3) is 0.182. The van der Waals surface area contributed by atoms with Crippen LogP contribution in [-0.4, -0.2) is 17.6 Å². The largest absolute Gasteiger partial charge is 0.326 e. The molecule has 0 radical (unpaired) electrons. The Labute approximate surface area is 172 Å². The smallest absolute Gasteiger partial charge is 0.238 e. The van der Waals surface area contributed by atoms with E-state index in [-0.39, 0.29) is 17.2 Å². The molecular weight excluding hydrogens is 388 g/mol. The van der Waals surface area contributed by atoms with Crippen molar-refractivity contribution < 1.29 is 9.59 Å². The van der Waals surface area contributed by atoms with E-state index in [1.807, 2.05) is 77.9 Å². The summed E-state index contributed by atoms with van der Waals surface area (Å²) in [6.07, 6.45) is 0.369. The lowest BCUT2D eigenvalue weighted by atomic mass is 10.1. The van der Waals surface area contributed by atoms with Crippen molar-refractivity contribution in [1.82, 2.24) is 0 Å². The van der Waals surface area contributed by atoms with Gasteiger partial charge in [-0.2, -0.15) is 0 Å². The van der Waals surface area contributed by atoms with Crippen LogP contribution >= 0.6 is 23.1 Å². The molecule has 142 valence electrons. The van der Waals surface area contributed by atoms with Gasteiger partial charge in [0.25, 0.3) is 0 Å². The number of carbonyl (C=O) groups excluding carboxylic acids is 2. The summed E-state index contributed by atoms with van der Waals surface area (Å²) in [7, 11) is 0. The maximum atomic E-state index is 12.5. The highest BCUT2D eigenvalue weighted by Gasteiger charge is 2.34. The first-order chi connectivity index (χ1) is 13.6. The van der Waals surface area contributed by atoms with Gasteiger partial charge in [0.1, 0.15) is 5.37 Å². The first-order valence-corrected chi connectivity index (χ1v) is 11.0. The van der Waals surface area contributed by atoms with Crippen LogP contribution in [-0.2, 0) is 16.0 Å². The molecule has 1 saturated heterocycles. The van der Waals surface area contributed by atoms with Gasteiger partial charge in [0.2, 0.25) is 11.8 Å². The van der Waals surface area contributed by atoms with Crippen molar-refractivity contribution in [2.45, 2.75) is 18.7 Å². The van der Waals surface area contributed by atoms with Crippen LogP contribution in [0.1, 0.15) is 21.4 Å². The van der Waals surface area contributed by atoms with Gasteiger partial charge in [-0.15, -0.1) is 23.1 Å². The molecule has 1 fully saturated rings. The predicted octanol–water partition coefficient (Wildman–Crippen LogP) is 5.02. The van der Waals surface area contributed by atoms with E-state index in [0.29, 0.717) is 12.2 Å². The minimum absolute atomic E-state index is 0.0369. The number of thiophene rings is 1. The van der Waals surface area contributed by atoms with Crippen molar-refractivity contribution in [3.05, 3.63) is 82.0 Å². The Hall–Kier alpha value is -2.57. The van der Waals surface area contributed by atoms with Crippen LogP contribution in [0.25, 0.3) is 0 Å². The topological polar surface area (TPSA) is 49.4 Å². The van der Waals surface area contributed by atoms with Crippen molar-refractivity contribution in [3.8, 4) is 0 Å². The molecule has 2 heterocycles. The van der Waals surface area contributed by atoms with Crippen molar-refractivity contribution in [1.29, 1.82) is 0 Å². The standard InChI is InChI=1S/C22H20N2O2S2/c1-15-7-9-18(10-8-15)24-21(26)14-28-22(24)16-4-2-5-17(12-16)23-20(25)13-19-6-3-11-27-19/h2-12,22H,13-14H2,1H3,(H,23,25)/t22-/m1/s1. The molecule has 1 N–H and O–H groups in total. The maximum absolute atomic E-state index is 12.5. The second kappa shape index (κ2) is 8.20. The Morgan fingerprint density at radius 2 is 1.96 bits per heavy atom. The van der Waals surface area contributed by atoms with Gasteiger partial charge in [0, 0.05) is 16.3 Å². The Morgan fingerprint density at radius 3 is 2.71 bits per heavy atom. The quantitative estimate of drug-likeness (QED) is 0.645. The highest BCUT2D eigenvalue weighted by atomic mass is 32.2. The number of amides is 2. The van der Waals surface area contributed by atoms with Crippen molar-refractivity contribution in [2.24, 2.45) is 0 Å². The van der Waals surface area contributed by atoms with Crippen LogP contribution < -0.4 is 10.2 Å². The molecule has 0 saturated carbocycles. The molecule has 1 aliphatic rings. The number of benzene rings is 2. The first kappa shape index (κ1) is 18.8. The molecule has 1 aromatic heterocycles. The minimum Gasteiger partial charge on any atom is -0.326 e. The van der Waals surface area contributed by atoms with Crippen LogP contribution in [0.5, 0.6) is 0 Å². The molecule has 0 spiro atoms. The lowest BCUT2D eigenvalue weighted by Gasteiger charge is -2.25. The SMILES string of the molecule is Cc1ccc(N2C(=O)CS[C@@H]2c2cccc(NC(=O)Cc3cccs3)c2)cc1. The third-order valence-electron chi connectivity index (χ3n) is 4.55. The summed E-state index contributed by atoms with van der Waals surface area (Å²) < 4.78 is 0. The Balaban J connectivity index is 1.53. The highest BCUT2D eigenvalue weighted by molar-refractivity contribution is 8.00. The summed E-state index contributed by atoms with van der Waals surface area (Å²) in [4.78, 5) is 27.7. The molecule has 0 unspecified atom stereocenters. The monoisotopic (exact) mass is 408 g/mol. The van der Waals surface area contributed by atoms with E-state index in [2.05, 4.69) is 5.32 Å². The summed E-state index contributed by atoms with van der Waals surface area (Å²) in [5, 5.41) is 4.85. The van der Waals surface area contributed by atoms with Crippen LogP contribution in [0, 0.1) is 6.92 Å². The Bertz CT molecular complexity index is 984. The van der Waals surface area contributed by atoms with Crippen LogP contribution in [0.4, 0.5) is 11.4 Å².